The Morgan fingerprint density at radius 2 is 2.07 bits per heavy atom. The molecule has 2 nitrogen and oxygen atoms in total. The van der Waals surface area contributed by atoms with E-state index in [4.69, 9.17) is 9.47 Å². The first-order valence-corrected chi connectivity index (χ1v) is 6.12. The number of halogens is 1. The van der Waals surface area contributed by atoms with Crippen LogP contribution in [0.5, 0.6) is 5.75 Å². The van der Waals surface area contributed by atoms with Gasteiger partial charge < -0.3 is 9.47 Å². The molecular formula is C12H15BrO2. The van der Waals surface area contributed by atoms with Gasteiger partial charge in [0.15, 0.2) is 0 Å². The average molecular weight is 271 g/mol. The second kappa shape index (κ2) is 4.99. The zero-order chi connectivity index (χ0) is 10.7. The SMILES string of the molecule is COc1ccc([C@H]2OCCC[C@@H]2Br)cc1. The molecular weight excluding hydrogens is 256 g/mol. The van der Waals surface area contributed by atoms with Gasteiger partial charge >= 0.3 is 0 Å². The largest absolute Gasteiger partial charge is 0.497 e. The smallest absolute Gasteiger partial charge is 0.118 e. The van der Waals surface area contributed by atoms with Gasteiger partial charge in [-0.1, -0.05) is 28.1 Å². The van der Waals surface area contributed by atoms with Crippen LogP contribution < -0.4 is 4.74 Å². The molecule has 0 radical (unpaired) electrons. The molecule has 1 saturated heterocycles. The fraction of sp³-hybridized carbons (Fsp3) is 0.500. The molecule has 1 aromatic carbocycles. The molecule has 2 atom stereocenters. The number of benzene rings is 1. The summed E-state index contributed by atoms with van der Waals surface area (Å²) in [5.41, 5.74) is 1.22. The van der Waals surface area contributed by atoms with Gasteiger partial charge in [0.05, 0.1) is 13.2 Å². The van der Waals surface area contributed by atoms with E-state index in [1.165, 1.54) is 12.0 Å². The molecule has 1 aromatic rings. The highest BCUT2D eigenvalue weighted by atomic mass is 79.9. The summed E-state index contributed by atoms with van der Waals surface area (Å²) in [6.07, 6.45) is 2.50. The molecule has 2 rings (SSSR count). The third-order valence-electron chi connectivity index (χ3n) is 2.69. The molecule has 0 spiro atoms. The normalized spacial score (nSPS) is 26.3. The maximum absolute atomic E-state index is 5.76. The summed E-state index contributed by atoms with van der Waals surface area (Å²) < 4.78 is 10.9. The van der Waals surface area contributed by atoms with Gasteiger partial charge in [-0.3, -0.25) is 0 Å². The molecule has 0 unspecified atom stereocenters. The summed E-state index contributed by atoms with van der Waals surface area (Å²) in [5, 5.41) is 0. The molecule has 1 aliphatic heterocycles. The van der Waals surface area contributed by atoms with Crippen LogP contribution in [-0.4, -0.2) is 18.5 Å². The predicted octanol–water partition coefficient (Wildman–Crippen LogP) is 3.31. The summed E-state index contributed by atoms with van der Waals surface area (Å²) in [5.74, 6) is 0.890. The minimum atomic E-state index is 0.185. The Kier molecular flexibility index (Phi) is 3.65. The minimum absolute atomic E-state index is 0.185. The molecule has 82 valence electrons. The van der Waals surface area contributed by atoms with Crippen molar-refractivity contribution in [3.8, 4) is 5.75 Å². The first kappa shape index (κ1) is 11.0. The second-order valence-corrected chi connectivity index (χ2v) is 4.90. The van der Waals surface area contributed by atoms with Gasteiger partial charge in [0.1, 0.15) is 5.75 Å². The highest BCUT2D eigenvalue weighted by Gasteiger charge is 2.24. The van der Waals surface area contributed by atoms with Crippen LogP contribution in [-0.2, 0) is 4.74 Å². The first-order valence-electron chi connectivity index (χ1n) is 5.21. The Hall–Kier alpha value is -0.540. The summed E-state index contributed by atoms with van der Waals surface area (Å²) in [7, 11) is 1.68. The van der Waals surface area contributed by atoms with Crippen LogP contribution in [0.1, 0.15) is 24.5 Å². The molecule has 0 aliphatic carbocycles. The highest BCUT2D eigenvalue weighted by molar-refractivity contribution is 9.09. The Bertz CT molecular complexity index is 310. The molecule has 1 fully saturated rings. The highest BCUT2D eigenvalue weighted by Crippen LogP contribution is 2.33. The van der Waals surface area contributed by atoms with Crippen LogP contribution in [0.3, 0.4) is 0 Å². The van der Waals surface area contributed by atoms with E-state index >= 15 is 0 Å². The van der Waals surface area contributed by atoms with Crippen molar-refractivity contribution in [3.05, 3.63) is 29.8 Å². The van der Waals surface area contributed by atoms with Crippen molar-refractivity contribution in [1.29, 1.82) is 0 Å². The molecule has 0 amide bonds. The molecule has 1 aliphatic rings. The van der Waals surface area contributed by atoms with E-state index in [1.807, 2.05) is 12.1 Å². The molecule has 0 saturated carbocycles. The lowest BCUT2D eigenvalue weighted by atomic mass is 10.0. The molecule has 0 N–H and O–H groups in total. The maximum Gasteiger partial charge on any atom is 0.118 e. The lowest BCUT2D eigenvalue weighted by Crippen LogP contribution is -2.22. The molecule has 1 heterocycles. The number of hydrogen-bond donors (Lipinski definition) is 0. The van der Waals surface area contributed by atoms with Crippen LogP contribution in [0.4, 0.5) is 0 Å². The third-order valence-corrected chi connectivity index (χ3v) is 3.63. The van der Waals surface area contributed by atoms with Crippen LogP contribution in [0, 0.1) is 0 Å². The predicted molar refractivity (Wildman–Crippen MR) is 63.6 cm³/mol. The van der Waals surface area contributed by atoms with E-state index in [2.05, 4.69) is 28.1 Å². The summed E-state index contributed by atoms with van der Waals surface area (Å²) in [4.78, 5) is 0.430. The monoisotopic (exact) mass is 270 g/mol. The van der Waals surface area contributed by atoms with Crippen molar-refractivity contribution in [2.45, 2.75) is 23.8 Å². The van der Waals surface area contributed by atoms with E-state index in [-0.39, 0.29) is 6.10 Å². The van der Waals surface area contributed by atoms with Crippen LogP contribution >= 0.6 is 15.9 Å². The van der Waals surface area contributed by atoms with Gasteiger partial charge in [-0.15, -0.1) is 0 Å². The summed E-state index contributed by atoms with van der Waals surface area (Å²) >= 11 is 3.67. The third kappa shape index (κ3) is 2.52. The summed E-state index contributed by atoms with van der Waals surface area (Å²) in [6, 6.07) is 8.10. The first-order chi connectivity index (χ1) is 7.31. The zero-order valence-corrected chi connectivity index (χ0v) is 10.4. The van der Waals surface area contributed by atoms with Crippen molar-refractivity contribution >= 4 is 15.9 Å². The van der Waals surface area contributed by atoms with E-state index in [9.17, 15) is 0 Å². The quantitative estimate of drug-likeness (QED) is 0.768. The number of ether oxygens (including phenoxy) is 2. The second-order valence-electron chi connectivity index (χ2n) is 3.72. The van der Waals surface area contributed by atoms with Gasteiger partial charge in [-0.2, -0.15) is 0 Å². The van der Waals surface area contributed by atoms with Crippen molar-refractivity contribution < 1.29 is 9.47 Å². The van der Waals surface area contributed by atoms with Crippen molar-refractivity contribution in [2.24, 2.45) is 0 Å². The standard InChI is InChI=1S/C12H15BrO2/c1-14-10-6-4-9(5-7-10)12-11(13)3-2-8-15-12/h4-7,11-12H,2-3,8H2,1H3/t11-,12+/m0/s1. The maximum atomic E-state index is 5.76. The Balaban J connectivity index is 2.13. The van der Waals surface area contributed by atoms with Gasteiger partial charge in [0, 0.05) is 11.4 Å². The van der Waals surface area contributed by atoms with E-state index in [0.29, 0.717) is 4.83 Å². The Morgan fingerprint density at radius 1 is 1.33 bits per heavy atom. The number of methoxy groups -OCH3 is 1. The number of alkyl halides is 1. The van der Waals surface area contributed by atoms with Gasteiger partial charge in [0.25, 0.3) is 0 Å². The lowest BCUT2D eigenvalue weighted by molar-refractivity contribution is 0.0217. The lowest BCUT2D eigenvalue weighted by Gasteiger charge is -2.28. The van der Waals surface area contributed by atoms with Gasteiger partial charge in [-0.05, 0) is 30.5 Å². The van der Waals surface area contributed by atoms with E-state index in [0.717, 1.165) is 18.8 Å². The molecule has 0 aromatic heterocycles. The zero-order valence-electron chi connectivity index (χ0n) is 8.78. The van der Waals surface area contributed by atoms with Crippen LogP contribution in [0.2, 0.25) is 0 Å². The minimum Gasteiger partial charge on any atom is -0.497 e. The van der Waals surface area contributed by atoms with Gasteiger partial charge in [0.2, 0.25) is 0 Å². The van der Waals surface area contributed by atoms with E-state index < -0.39 is 0 Å². The van der Waals surface area contributed by atoms with Crippen LogP contribution in [0.15, 0.2) is 24.3 Å². The number of rotatable bonds is 2. The fourth-order valence-electron chi connectivity index (χ4n) is 1.84. The Morgan fingerprint density at radius 3 is 2.67 bits per heavy atom. The molecule has 15 heavy (non-hydrogen) atoms. The topological polar surface area (TPSA) is 18.5 Å². The van der Waals surface area contributed by atoms with E-state index in [1.54, 1.807) is 7.11 Å². The average Bonchev–Trinajstić information content (AvgIpc) is 2.30. The molecule has 0 bridgehead atoms. The number of hydrogen-bond acceptors (Lipinski definition) is 2. The Labute approximate surface area is 98.7 Å². The van der Waals surface area contributed by atoms with Crippen LogP contribution in [0.25, 0.3) is 0 Å². The van der Waals surface area contributed by atoms with Crippen molar-refractivity contribution in [3.63, 3.8) is 0 Å². The van der Waals surface area contributed by atoms with Gasteiger partial charge in [-0.25, -0.2) is 0 Å². The summed E-state index contributed by atoms with van der Waals surface area (Å²) in [6.45, 7) is 0.860. The van der Waals surface area contributed by atoms with Crippen molar-refractivity contribution in [1.82, 2.24) is 0 Å². The molecule has 3 heteroatoms. The fourth-order valence-corrected chi connectivity index (χ4v) is 2.62. The van der Waals surface area contributed by atoms with Crippen molar-refractivity contribution in [2.75, 3.05) is 13.7 Å².